The Kier molecular flexibility index (Phi) is 8.64. The van der Waals surface area contributed by atoms with Crippen molar-refractivity contribution in [2.45, 2.75) is 118 Å². The van der Waals surface area contributed by atoms with E-state index in [1.807, 2.05) is 13.8 Å². The summed E-state index contributed by atoms with van der Waals surface area (Å²) in [5.41, 5.74) is 10.5. The van der Waals surface area contributed by atoms with Crippen molar-refractivity contribution < 1.29 is 24.5 Å². The Morgan fingerprint density at radius 2 is 1.80 bits per heavy atom. The van der Waals surface area contributed by atoms with E-state index >= 15 is 0 Å². The summed E-state index contributed by atoms with van der Waals surface area (Å²) in [4.78, 5) is 28.2. The summed E-state index contributed by atoms with van der Waals surface area (Å²) in [5, 5.41) is 26.6. The molecule has 40 heavy (non-hydrogen) atoms. The zero-order chi connectivity index (χ0) is 29.8. The maximum Gasteiger partial charge on any atom is 0.331 e. The van der Waals surface area contributed by atoms with Crippen molar-refractivity contribution in [2.75, 3.05) is 0 Å². The van der Waals surface area contributed by atoms with Crippen molar-refractivity contribution in [3.05, 3.63) is 31.6 Å². The van der Waals surface area contributed by atoms with Crippen LogP contribution in [0.25, 0.3) is 10.4 Å². The van der Waals surface area contributed by atoms with Crippen LogP contribution in [0.4, 0.5) is 0 Å². The summed E-state index contributed by atoms with van der Waals surface area (Å²) in [7, 11) is 0. The first-order valence-electron chi connectivity index (χ1n) is 14.8. The average Bonchev–Trinajstić information content (AvgIpc) is 3.12. The molecule has 0 radical (unpaired) electrons. The molecule has 0 aromatic carbocycles. The number of carboxylic acids is 1. The molecule has 4 rings (SSSR count). The van der Waals surface area contributed by atoms with Gasteiger partial charge in [0.2, 0.25) is 0 Å². The predicted octanol–water partition coefficient (Wildman–Crippen LogP) is 7.71. The summed E-state index contributed by atoms with van der Waals surface area (Å²) >= 11 is 3.60. The highest BCUT2D eigenvalue weighted by Gasteiger charge is 2.70. The molecular weight excluding hydrogens is 574 g/mol. The molecule has 4 saturated carbocycles. The van der Waals surface area contributed by atoms with Gasteiger partial charge in [-0.05, 0) is 121 Å². The number of halogens is 1. The molecule has 8 nitrogen and oxygen atoms in total. The van der Waals surface area contributed by atoms with E-state index in [9.17, 15) is 19.8 Å². The van der Waals surface area contributed by atoms with Crippen LogP contribution in [0.3, 0.4) is 0 Å². The van der Waals surface area contributed by atoms with Gasteiger partial charge in [0.25, 0.3) is 0 Å². The van der Waals surface area contributed by atoms with Crippen molar-refractivity contribution in [3.63, 3.8) is 0 Å². The second-order valence-electron chi connectivity index (χ2n) is 13.9. The van der Waals surface area contributed by atoms with Gasteiger partial charge < -0.3 is 14.9 Å². The fourth-order valence-corrected chi connectivity index (χ4v) is 10.2. The number of aliphatic carboxylic acids is 1. The largest absolute Gasteiger partial charge is 0.478 e. The number of carboxylic acid groups (broad SMARTS) is 1. The van der Waals surface area contributed by atoms with Crippen molar-refractivity contribution in [2.24, 2.45) is 45.0 Å². The van der Waals surface area contributed by atoms with Crippen LogP contribution in [-0.4, -0.2) is 40.4 Å². The second-order valence-corrected chi connectivity index (χ2v) is 14.9. The highest BCUT2D eigenvalue weighted by molar-refractivity contribution is 9.11. The van der Waals surface area contributed by atoms with Crippen LogP contribution in [0.1, 0.15) is 99.8 Å². The first-order valence-corrected chi connectivity index (χ1v) is 15.6. The number of aliphatic hydroxyl groups is 1. The van der Waals surface area contributed by atoms with Crippen LogP contribution in [0.15, 0.2) is 26.3 Å². The summed E-state index contributed by atoms with van der Waals surface area (Å²) in [6, 6.07) is -0.0240. The van der Waals surface area contributed by atoms with Crippen LogP contribution in [-0.2, 0) is 14.3 Å². The topological polar surface area (TPSA) is 133 Å². The third-order valence-corrected chi connectivity index (χ3v) is 13.1. The molecule has 0 aromatic heterocycles. The van der Waals surface area contributed by atoms with Crippen molar-refractivity contribution in [1.29, 1.82) is 0 Å². The van der Waals surface area contributed by atoms with E-state index < -0.39 is 24.1 Å². The number of allylic oxidation sites excluding steroid dienone is 2. The van der Waals surface area contributed by atoms with Gasteiger partial charge >= 0.3 is 11.9 Å². The van der Waals surface area contributed by atoms with Crippen LogP contribution in [0, 0.1) is 39.9 Å². The molecule has 0 saturated heterocycles. The molecule has 4 aliphatic carbocycles. The van der Waals surface area contributed by atoms with E-state index in [0.29, 0.717) is 42.7 Å². The molecule has 2 N–H and O–H groups in total. The van der Waals surface area contributed by atoms with Crippen LogP contribution < -0.4 is 0 Å². The van der Waals surface area contributed by atoms with Crippen molar-refractivity contribution in [3.8, 4) is 0 Å². The Morgan fingerprint density at radius 1 is 1.12 bits per heavy atom. The number of carbonyl (C=O) groups excluding carboxylic acids is 1. The van der Waals surface area contributed by atoms with Gasteiger partial charge in [0.15, 0.2) is 0 Å². The SMILES string of the molecule is CC(=O)O[C@H]1C[C@@]2(C)[C@@H](C[C@@H](O)C3[C@]2(C)CC[C@H]2[C@H](C)[C@H](N=[N+]=[N-])CC[C@]32C)/C1=C(\CCC(Br)=C(C)C)C(=O)O. The molecule has 222 valence electrons. The molecule has 9 heteroatoms. The maximum atomic E-state index is 12.8. The smallest absolute Gasteiger partial charge is 0.331 e. The molecule has 1 unspecified atom stereocenters. The van der Waals surface area contributed by atoms with E-state index in [1.54, 1.807) is 0 Å². The number of rotatable bonds is 6. The molecule has 0 heterocycles. The van der Waals surface area contributed by atoms with Crippen LogP contribution >= 0.6 is 15.9 Å². The van der Waals surface area contributed by atoms with Gasteiger partial charge in [0, 0.05) is 23.5 Å². The van der Waals surface area contributed by atoms with Gasteiger partial charge in [-0.3, -0.25) is 4.79 Å². The lowest BCUT2D eigenvalue weighted by Gasteiger charge is -2.69. The number of aliphatic hydroxyl groups excluding tert-OH is 1. The first kappa shape index (κ1) is 31.1. The number of hydrogen-bond donors (Lipinski definition) is 2. The zero-order valence-corrected chi connectivity index (χ0v) is 26.6. The van der Waals surface area contributed by atoms with Gasteiger partial charge in [0.1, 0.15) is 6.10 Å². The van der Waals surface area contributed by atoms with E-state index in [2.05, 4.69) is 53.7 Å². The summed E-state index contributed by atoms with van der Waals surface area (Å²) in [5.74, 6) is -1.00. The minimum atomic E-state index is -0.979. The summed E-state index contributed by atoms with van der Waals surface area (Å²) < 4.78 is 6.88. The number of nitrogens with zero attached hydrogens (tertiary/aromatic N) is 3. The molecular formula is C31H46BrN3O5. The van der Waals surface area contributed by atoms with Gasteiger partial charge in [0.05, 0.1) is 6.10 Å². The molecule has 4 fully saturated rings. The fraction of sp³-hybridized carbons (Fsp3) is 0.806. The lowest BCUT2D eigenvalue weighted by Crippen LogP contribution is -2.65. The van der Waals surface area contributed by atoms with Crippen LogP contribution in [0.5, 0.6) is 0 Å². The first-order chi connectivity index (χ1) is 18.6. The van der Waals surface area contributed by atoms with E-state index in [0.717, 1.165) is 35.7 Å². The second kappa shape index (κ2) is 11.1. The Labute approximate surface area is 246 Å². The quantitative estimate of drug-likeness (QED) is 0.103. The fourth-order valence-electron chi connectivity index (χ4n) is 10.00. The maximum absolute atomic E-state index is 12.8. The standard InChI is InChI=1S/C31H46BrN3O5/c1-16(2)22(32)9-8-19(28(38)39)26-21-14-24(37)27-29(5)12-11-23(34-35-33)17(3)20(29)10-13-30(27,6)31(21,7)15-25(26)40-18(4)36/h17,20-21,23-25,27,37H,8-15H2,1-7H3,(H,38,39)/b26-19-/t17-,20-,21-,23+,24+,25-,27?,29-,30-,31-/m0/s1. The van der Waals surface area contributed by atoms with Crippen molar-refractivity contribution >= 4 is 27.9 Å². The van der Waals surface area contributed by atoms with Gasteiger partial charge in [-0.25, -0.2) is 4.79 Å². The molecule has 10 atom stereocenters. The van der Waals surface area contributed by atoms with Crippen molar-refractivity contribution in [1.82, 2.24) is 0 Å². The molecule has 0 aromatic rings. The molecule has 0 aliphatic heterocycles. The monoisotopic (exact) mass is 619 g/mol. The minimum absolute atomic E-state index is 0.0138. The summed E-state index contributed by atoms with van der Waals surface area (Å²) in [6.45, 7) is 14.4. The Bertz CT molecular complexity index is 1170. The van der Waals surface area contributed by atoms with Gasteiger partial charge in [-0.15, -0.1) is 0 Å². The van der Waals surface area contributed by atoms with Gasteiger partial charge in [-0.2, -0.15) is 0 Å². The Hall–Kier alpha value is -1.83. The normalized spacial score (nSPS) is 43.4. The molecule has 0 amide bonds. The number of ether oxygens (including phenoxy) is 1. The number of carbonyl (C=O) groups is 2. The molecule has 4 aliphatic rings. The van der Waals surface area contributed by atoms with Gasteiger partial charge in [-0.1, -0.05) is 54.3 Å². The highest BCUT2D eigenvalue weighted by Crippen LogP contribution is 2.74. The number of hydrogen-bond acceptors (Lipinski definition) is 5. The lowest BCUT2D eigenvalue weighted by molar-refractivity contribution is -0.226. The highest BCUT2D eigenvalue weighted by atomic mass is 79.9. The average molecular weight is 621 g/mol. The third-order valence-electron chi connectivity index (χ3n) is 12.0. The molecule has 0 bridgehead atoms. The predicted molar refractivity (Wildman–Crippen MR) is 157 cm³/mol. The van der Waals surface area contributed by atoms with E-state index in [4.69, 9.17) is 10.3 Å². The summed E-state index contributed by atoms with van der Waals surface area (Å²) in [6.07, 6.45) is 4.23. The number of fused-ring (bicyclic) bond motifs is 5. The molecule has 0 spiro atoms. The van der Waals surface area contributed by atoms with E-state index in [-0.39, 0.29) is 40.0 Å². The Morgan fingerprint density at radius 3 is 2.38 bits per heavy atom. The Balaban J connectivity index is 1.81. The number of esters is 1. The lowest BCUT2D eigenvalue weighted by atomic mass is 9.36. The zero-order valence-electron chi connectivity index (χ0n) is 25.0. The third kappa shape index (κ3) is 4.84. The van der Waals surface area contributed by atoms with E-state index in [1.165, 1.54) is 6.92 Å². The van der Waals surface area contributed by atoms with Crippen LogP contribution in [0.2, 0.25) is 0 Å². The minimum Gasteiger partial charge on any atom is -0.478 e. The number of azide groups is 1.